The summed E-state index contributed by atoms with van der Waals surface area (Å²) in [6.45, 7) is 9.52. The van der Waals surface area contributed by atoms with Gasteiger partial charge in [-0.15, -0.1) is 6.58 Å². The quantitative estimate of drug-likeness (QED) is 0.635. The first-order valence-electron chi connectivity index (χ1n) is 4.87. The van der Waals surface area contributed by atoms with Crippen molar-refractivity contribution in [2.24, 2.45) is 11.1 Å². The largest absolute Gasteiger partial charge is 0.369 e. The van der Waals surface area contributed by atoms with Gasteiger partial charge >= 0.3 is 0 Å². The number of rotatable bonds is 6. The van der Waals surface area contributed by atoms with E-state index in [1.807, 2.05) is 27.0 Å². The molecule has 3 heteroatoms. The van der Waals surface area contributed by atoms with Gasteiger partial charge in [0.15, 0.2) is 0 Å². The van der Waals surface area contributed by atoms with Crippen molar-refractivity contribution < 1.29 is 4.79 Å². The Kier molecular flexibility index (Phi) is 4.33. The maximum absolute atomic E-state index is 11.2. The fourth-order valence-corrected chi connectivity index (χ4v) is 1.64. The molecule has 0 bridgehead atoms. The Labute approximate surface area is 86.8 Å². The van der Waals surface area contributed by atoms with Gasteiger partial charge in [-0.05, 0) is 26.8 Å². The Morgan fingerprint density at radius 3 is 2.29 bits per heavy atom. The summed E-state index contributed by atoms with van der Waals surface area (Å²) in [7, 11) is 1.89. The molecule has 1 unspecified atom stereocenters. The fraction of sp³-hybridized carbons (Fsp3) is 0.727. The van der Waals surface area contributed by atoms with Gasteiger partial charge in [-0.25, -0.2) is 0 Å². The lowest BCUT2D eigenvalue weighted by atomic mass is 9.77. The molecule has 0 aliphatic heterocycles. The fourth-order valence-electron chi connectivity index (χ4n) is 1.64. The molecule has 0 saturated heterocycles. The summed E-state index contributed by atoms with van der Waals surface area (Å²) in [5.41, 5.74) is 4.74. The lowest BCUT2D eigenvalue weighted by Crippen LogP contribution is -2.46. The Morgan fingerprint density at radius 2 is 2.00 bits per heavy atom. The summed E-state index contributed by atoms with van der Waals surface area (Å²) in [6.07, 6.45) is 3.38. The normalized spacial score (nSPS) is 16.0. The molecule has 3 N–H and O–H groups in total. The predicted octanol–water partition coefficient (Wildman–Crippen LogP) is 1.44. The Bertz CT molecular complexity index is 223. The van der Waals surface area contributed by atoms with E-state index in [0.717, 1.165) is 6.42 Å². The van der Waals surface area contributed by atoms with Gasteiger partial charge in [0.25, 0.3) is 0 Å². The van der Waals surface area contributed by atoms with Crippen LogP contribution in [0.15, 0.2) is 12.7 Å². The van der Waals surface area contributed by atoms with Crippen molar-refractivity contribution in [3.05, 3.63) is 12.7 Å². The summed E-state index contributed by atoms with van der Waals surface area (Å²) >= 11 is 0. The van der Waals surface area contributed by atoms with Crippen LogP contribution < -0.4 is 11.1 Å². The number of carbonyl (C=O) groups excluding carboxylic acids is 1. The van der Waals surface area contributed by atoms with E-state index in [-0.39, 0.29) is 11.4 Å². The SMILES string of the molecule is C=CCC(C)(CC(C)(C)C(N)=O)NC. The highest BCUT2D eigenvalue weighted by Crippen LogP contribution is 2.29. The van der Waals surface area contributed by atoms with Crippen molar-refractivity contribution in [1.82, 2.24) is 5.32 Å². The number of carbonyl (C=O) groups is 1. The molecule has 0 heterocycles. The van der Waals surface area contributed by atoms with Crippen molar-refractivity contribution in [2.75, 3.05) is 7.05 Å². The van der Waals surface area contributed by atoms with Crippen LogP contribution >= 0.6 is 0 Å². The molecule has 0 saturated carbocycles. The molecule has 0 radical (unpaired) electrons. The molecule has 0 aliphatic rings. The maximum Gasteiger partial charge on any atom is 0.223 e. The molecular formula is C11H22N2O. The van der Waals surface area contributed by atoms with Crippen molar-refractivity contribution in [1.29, 1.82) is 0 Å². The van der Waals surface area contributed by atoms with Crippen LogP contribution in [0.4, 0.5) is 0 Å². The predicted molar refractivity (Wildman–Crippen MR) is 59.9 cm³/mol. The van der Waals surface area contributed by atoms with Crippen LogP contribution in [0.3, 0.4) is 0 Å². The van der Waals surface area contributed by atoms with Crippen LogP contribution in [0.2, 0.25) is 0 Å². The zero-order chi connectivity index (χ0) is 11.4. The first-order valence-corrected chi connectivity index (χ1v) is 4.87. The molecule has 0 aromatic carbocycles. The summed E-state index contributed by atoms with van der Waals surface area (Å²) in [4.78, 5) is 11.2. The third-order valence-corrected chi connectivity index (χ3v) is 2.70. The topological polar surface area (TPSA) is 55.1 Å². The monoisotopic (exact) mass is 198 g/mol. The van der Waals surface area contributed by atoms with Crippen LogP contribution in [0.5, 0.6) is 0 Å². The standard InChI is InChI=1S/C11H22N2O/c1-6-7-11(4,13-5)8-10(2,3)9(12)14/h6,13H,1,7-8H2,2-5H3,(H2,12,14). The number of primary amides is 1. The molecule has 1 amide bonds. The summed E-state index contributed by atoms with van der Waals surface area (Å²) < 4.78 is 0. The third-order valence-electron chi connectivity index (χ3n) is 2.70. The van der Waals surface area contributed by atoms with Gasteiger partial charge in [0.05, 0.1) is 0 Å². The van der Waals surface area contributed by atoms with E-state index < -0.39 is 5.41 Å². The van der Waals surface area contributed by atoms with E-state index >= 15 is 0 Å². The second-order valence-electron chi connectivity index (χ2n) is 4.73. The molecule has 0 spiro atoms. The second kappa shape index (κ2) is 4.60. The molecule has 3 nitrogen and oxygen atoms in total. The zero-order valence-electron chi connectivity index (χ0n) is 9.68. The van der Waals surface area contributed by atoms with Gasteiger partial charge in [0.2, 0.25) is 5.91 Å². The number of amides is 1. The molecule has 0 aromatic rings. The van der Waals surface area contributed by atoms with Crippen LogP contribution in [-0.2, 0) is 4.79 Å². The Morgan fingerprint density at radius 1 is 1.50 bits per heavy atom. The molecule has 14 heavy (non-hydrogen) atoms. The Hall–Kier alpha value is -0.830. The van der Waals surface area contributed by atoms with Gasteiger partial charge in [0, 0.05) is 11.0 Å². The minimum absolute atomic E-state index is 0.111. The first kappa shape index (κ1) is 13.2. The van der Waals surface area contributed by atoms with Crippen LogP contribution in [-0.4, -0.2) is 18.5 Å². The lowest BCUT2D eigenvalue weighted by molar-refractivity contribution is -0.127. The minimum Gasteiger partial charge on any atom is -0.369 e. The molecule has 0 rings (SSSR count). The number of hydrogen-bond acceptors (Lipinski definition) is 2. The van der Waals surface area contributed by atoms with E-state index in [9.17, 15) is 4.79 Å². The van der Waals surface area contributed by atoms with Crippen LogP contribution in [0.25, 0.3) is 0 Å². The second-order valence-corrected chi connectivity index (χ2v) is 4.73. The molecule has 0 fully saturated rings. The van der Waals surface area contributed by atoms with E-state index in [2.05, 4.69) is 18.8 Å². The average molecular weight is 198 g/mol. The van der Waals surface area contributed by atoms with Gasteiger partial charge in [-0.3, -0.25) is 4.79 Å². The van der Waals surface area contributed by atoms with Gasteiger partial charge in [-0.1, -0.05) is 19.9 Å². The van der Waals surface area contributed by atoms with E-state index in [0.29, 0.717) is 6.42 Å². The molecule has 82 valence electrons. The van der Waals surface area contributed by atoms with E-state index in [1.54, 1.807) is 0 Å². The van der Waals surface area contributed by atoms with Crippen molar-refractivity contribution in [3.8, 4) is 0 Å². The highest BCUT2D eigenvalue weighted by molar-refractivity contribution is 5.80. The van der Waals surface area contributed by atoms with Crippen molar-refractivity contribution in [2.45, 2.75) is 39.2 Å². The number of nitrogens with two attached hydrogens (primary N) is 1. The third kappa shape index (κ3) is 3.50. The average Bonchev–Trinajstić information content (AvgIpc) is 2.03. The molecular weight excluding hydrogens is 176 g/mol. The lowest BCUT2D eigenvalue weighted by Gasteiger charge is -2.35. The Balaban J connectivity index is 4.59. The van der Waals surface area contributed by atoms with Crippen molar-refractivity contribution in [3.63, 3.8) is 0 Å². The van der Waals surface area contributed by atoms with Crippen LogP contribution in [0.1, 0.15) is 33.6 Å². The minimum atomic E-state index is -0.485. The van der Waals surface area contributed by atoms with Crippen molar-refractivity contribution >= 4 is 5.91 Å². The highest BCUT2D eigenvalue weighted by atomic mass is 16.1. The first-order chi connectivity index (χ1) is 6.27. The molecule has 0 aromatic heterocycles. The van der Waals surface area contributed by atoms with E-state index in [1.165, 1.54) is 0 Å². The number of hydrogen-bond donors (Lipinski definition) is 2. The molecule has 1 atom stereocenters. The van der Waals surface area contributed by atoms with Gasteiger partial charge in [-0.2, -0.15) is 0 Å². The highest BCUT2D eigenvalue weighted by Gasteiger charge is 2.34. The zero-order valence-corrected chi connectivity index (χ0v) is 9.68. The van der Waals surface area contributed by atoms with Gasteiger partial charge in [0.1, 0.15) is 0 Å². The summed E-state index contributed by atoms with van der Waals surface area (Å²) in [5, 5.41) is 3.21. The van der Waals surface area contributed by atoms with Gasteiger partial charge < -0.3 is 11.1 Å². The summed E-state index contributed by atoms with van der Waals surface area (Å²) in [5.74, 6) is -0.261. The smallest absolute Gasteiger partial charge is 0.223 e. The molecule has 0 aliphatic carbocycles. The maximum atomic E-state index is 11.2. The van der Waals surface area contributed by atoms with E-state index in [4.69, 9.17) is 5.73 Å². The van der Waals surface area contributed by atoms with Crippen LogP contribution in [0, 0.1) is 5.41 Å². The summed E-state index contributed by atoms with van der Waals surface area (Å²) in [6, 6.07) is 0. The number of nitrogens with one attached hydrogen (secondary N) is 1.